The maximum absolute atomic E-state index is 4.28. The normalized spacial score (nSPS) is 10.5. The molecule has 0 bridgehead atoms. The summed E-state index contributed by atoms with van der Waals surface area (Å²) in [5.41, 5.74) is 9.03. The number of hydrogen-bond donors (Lipinski definition) is 0. The van der Waals surface area contributed by atoms with Crippen LogP contribution in [0.5, 0.6) is 0 Å². The van der Waals surface area contributed by atoms with Crippen molar-refractivity contribution in [2.75, 3.05) is 13.1 Å². The number of hydrogen-bond acceptors (Lipinski definition) is 6. The Morgan fingerprint density at radius 3 is 1.16 bits per heavy atom. The average molecular weight is 819 g/mol. The molecule has 0 spiro atoms. The fourth-order valence-corrected chi connectivity index (χ4v) is 4.15. The Labute approximate surface area is 304 Å². The molecule has 0 atom stereocenters. The van der Waals surface area contributed by atoms with Gasteiger partial charge >= 0.3 is 0 Å². The fraction of sp³-hybridized carbons (Fsp3) is 0.119. The Morgan fingerprint density at radius 2 is 0.898 bits per heavy atom. The zero-order valence-corrected chi connectivity index (χ0v) is 30.3. The monoisotopic (exact) mass is 819 g/mol. The number of benzene rings is 3. The van der Waals surface area contributed by atoms with Crippen molar-refractivity contribution in [3.63, 3.8) is 0 Å². The summed E-state index contributed by atoms with van der Waals surface area (Å²) in [5, 5.41) is 0. The molecule has 3 heterocycles. The molecule has 6 nitrogen and oxygen atoms in total. The Hall–Kier alpha value is -5.36. The molecule has 0 N–H and O–H groups in total. The second-order valence-corrected chi connectivity index (χ2v) is 10.0. The second-order valence-electron chi connectivity index (χ2n) is 10.0. The van der Waals surface area contributed by atoms with Crippen LogP contribution in [0.2, 0.25) is 0 Å². The van der Waals surface area contributed by atoms with Crippen LogP contribution in [0.25, 0.3) is 33.8 Å². The molecule has 6 aromatic rings. The van der Waals surface area contributed by atoms with Crippen LogP contribution in [0.3, 0.4) is 0 Å². The quantitative estimate of drug-likeness (QED) is 0.108. The zero-order chi connectivity index (χ0) is 33.7. The van der Waals surface area contributed by atoms with Gasteiger partial charge < -0.3 is 29.9 Å². The van der Waals surface area contributed by atoms with Gasteiger partial charge in [-0.15, -0.1) is 77.4 Å². The molecule has 0 unspecified atom stereocenters. The van der Waals surface area contributed by atoms with Gasteiger partial charge in [0.1, 0.15) is 0 Å². The maximum atomic E-state index is 4.28. The van der Waals surface area contributed by atoms with E-state index in [4.69, 9.17) is 0 Å². The van der Waals surface area contributed by atoms with Crippen LogP contribution in [0.15, 0.2) is 143 Å². The molecule has 0 saturated carbocycles. The number of aliphatic imine (C=N–C) groups is 3. The Bertz CT molecular complexity index is 1600. The van der Waals surface area contributed by atoms with Crippen LogP contribution in [0.1, 0.15) is 37.5 Å². The molecular formula is C42H38IrN6-4. The molecule has 1 radical (unpaired) electrons. The Kier molecular flexibility index (Phi) is 17.3. The van der Waals surface area contributed by atoms with Crippen LogP contribution in [-0.4, -0.2) is 46.7 Å². The summed E-state index contributed by atoms with van der Waals surface area (Å²) in [7, 11) is 0. The van der Waals surface area contributed by atoms with Crippen molar-refractivity contribution in [2.24, 2.45) is 15.0 Å². The third-order valence-corrected chi connectivity index (χ3v) is 6.55. The van der Waals surface area contributed by atoms with Crippen LogP contribution in [-0.2, 0) is 20.1 Å². The van der Waals surface area contributed by atoms with Crippen LogP contribution >= 0.6 is 0 Å². The first kappa shape index (κ1) is 38.1. The van der Waals surface area contributed by atoms with Gasteiger partial charge in [0.2, 0.25) is 0 Å². The molecule has 0 fully saturated rings. The van der Waals surface area contributed by atoms with Crippen molar-refractivity contribution in [3.05, 3.63) is 169 Å². The summed E-state index contributed by atoms with van der Waals surface area (Å²) in [6.45, 7) is 9.30. The topological polar surface area (TPSA) is 75.8 Å². The van der Waals surface area contributed by atoms with E-state index in [1.165, 1.54) is 0 Å². The van der Waals surface area contributed by atoms with Gasteiger partial charge in [-0.3, -0.25) is 0 Å². The maximum Gasteiger partial charge on any atom is 0.0351 e. The van der Waals surface area contributed by atoms with E-state index in [0.29, 0.717) is 0 Å². The third kappa shape index (κ3) is 13.3. The van der Waals surface area contributed by atoms with Crippen LogP contribution in [0, 0.1) is 24.7 Å². The molecule has 7 heteroatoms. The van der Waals surface area contributed by atoms with Crippen molar-refractivity contribution >= 4 is 18.6 Å². The smallest absolute Gasteiger partial charge is 0.0351 e. The largest absolute Gasteiger partial charge is 0.463 e. The average Bonchev–Trinajstić information content (AvgIpc) is 3.17. The molecule has 0 aliphatic rings. The Morgan fingerprint density at radius 1 is 0.531 bits per heavy atom. The second kappa shape index (κ2) is 22.3. The molecule has 6 rings (SSSR count). The first-order chi connectivity index (χ1) is 23.7. The minimum absolute atomic E-state index is 0. The van der Waals surface area contributed by atoms with Gasteiger partial charge in [-0.1, -0.05) is 54.4 Å². The minimum Gasteiger partial charge on any atom is -0.463 e. The molecule has 0 amide bonds. The van der Waals surface area contributed by atoms with E-state index < -0.39 is 0 Å². The van der Waals surface area contributed by atoms with Crippen molar-refractivity contribution in [1.29, 1.82) is 0 Å². The van der Waals surface area contributed by atoms with Gasteiger partial charge in [0, 0.05) is 51.8 Å². The third-order valence-electron chi connectivity index (χ3n) is 6.55. The Balaban J connectivity index is 0.000000197. The minimum atomic E-state index is 0. The predicted octanol–water partition coefficient (Wildman–Crippen LogP) is 9.12. The summed E-state index contributed by atoms with van der Waals surface area (Å²) in [6.07, 6.45) is 10.9. The van der Waals surface area contributed by atoms with E-state index in [-0.39, 0.29) is 20.1 Å². The summed E-state index contributed by atoms with van der Waals surface area (Å²) in [4.78, 5) is 25.2. The summed E-state index contributed by atoms with van der Waals surface area (Å²) < 4.78 is 0. The SMILES string of the molecule is CCN=Cc1c[c-]c(-c2ccccn2)cc1.CCN=Cc1c[c-]c(-c2ccccn2)cc1.C[CH-]N=Cc1c[c-]c(-c2ccccn2)cc1.[Ir]. The van der Waals surface area contributed by atoms with Crippen LogP contribution < -0.4 is 0 Å². The van der Waals surface area contributed by atoms with Gasteiger partial charge in [-0.05, 0) is 61.6 Å². The van der Waals surface area contributed by atoms with Gasteiger partial charge in [0.05, 0.1) is 0 Å². The van der Waals surface area contributed by atoms with Crippen molar-refractivity contribution in [2.45, 2.75) is 20.8 Å². The van der Waals surface area contributed by atoms with Gasteiger partial charge in [-0.25, -0.2) is 0 Å². The fourth-order valence-electron chi connectivity index (χ4n) is 4.15. The standard InChI is InChI=1S/2C14H13N2.C14H12N2.Ir/c3*1-2-15-11-12-6-8-13(9-7-12)14-5-3-4-10-16-14;/h2*3-8,10-11H,2H2,1H3;2-8,10-11H,1H3;/q2*-1;-2;. The summed E-state index contributed by atoms with van der Waals surface area (Å²) >= 11 is 0. The molecular weight excluding hydrogens is 781 g/mol. The number of pyridine rings is 3. The first-order valence-corrected chi connectivity index (χ1v) is 15.8. The zero-order valence-electron chi connectivity index (χ0n) is 27.9. The van der Waals surface area contributed by atoms with E-state index in [0.717, 1.165) is 63.6 Å². The molecule has 3 aromatic carbocycles. The molecule has 0 saturated heterocycles. The van der Waals surface area contributed by atoms with Gasteiger partial charge in [0.25, 0.3) is 0 Å². The molecule has 249 valence electrons. The first-order valence-electron chi connectivity index (χ1n) is 15.8. The molecule has 3 aromatic heterocycles. The van der Waals surface area contributed by atoms with Crippen molar-refractivity contribution < 1.29 is 20.1 Å². The van der Waals surface area contributed by atoms with E-state index in [1.54, 1.807) is 31.3 Å². The van der Waals surface area contributed by atoms with Crippen LogP contribution in [0.4, 0.5) is 0 Å². The number of nitrogens with zero attached hydrogens (tertiary/aromatic N) is 6. The van der Waals surface area contributed by atoms with Crippen molar-refractivity contribution in [3.8, 4) is 33.8 Å². The number of aromatic nitrogens is 3. The van der Waals surface area contributed by atoms with E-state index in [2.05, 4.69) is 48.1 Å². The predicted molar refractivity (Wildman–Crippen MR) is 199 cm³/mol. The molecule has 0 aliphatic heterocycles. The van der Waals surface area contributed by atoms with Gasteiger partial charge in [0.15, 0.2) is 0 Å². The van der Waals surface area contributed by atoms with E-state index in [1.807, 2.05) is 142 Å². The summed E-state index contributed by atoms with van der Waals surface area (Å²) in [5.74, 6) is 0. The molecule has 0 aliphatic carbocycles. The number of rotatable bonds is 9. The van der Waals surface area contributed by atoms with Gasteiger partial charge in [-0.2, -0.15) is 30.5 Å². The van der Waals surface area contributed by atoms with E-state index in [9.17, 15) is 0 Å². The van der Waals surface area contributed by atoms with E-state index >= 15 is 0 Å². The van der Waals surface area contributed by atoms with Crippen molar-refractivity contribution in [1.82, 2.24) is 15.0 Å². The summed E-state index contributed by atoms with van der Waals surface area (Å²) in [6, 6.07) is 45.0. The molecule has 49 heavy (non-hydrogen) atoms.